The van der Waals surface area contributed by atoms with Gasteiger partial charge in [-0.3, -0.25) is 0 Å². The van der Waals surface area contributed by atoms with E-state index in [4.69, 9.17) is 0 Å². The second-order valence-electron chi connectivity index (χ2n) is 7.37. The Kier molecular flexibility index (Phi) is 10.2. The molecular weight excluding hydrogens is 421 g/mol. The van der Waals surface area contributed by atoms with Crippen LogP contribution in [0.4, 0.5) is 27.6 Å². The molecule has 0 unspecified atom stereocenters. The third-order valence-electron chi connectivity index (χ3n) is 4.95. The van der Waals surface area contributed by atoms with E-state index >= 15 is 0 Å². The molecule has 32 heavy (non-hydrogen) atoms. The molecule has 1 nitrogen and oxygen atoms in total. The van der Waals surface area contributed by atoms with Gasteiger partial charge in [-0.1, -0.05) is 69.2 Å². The Bertz CT molecular complexity index is 924. The summed E-state index contributed by atoms with van der Waals surface area (Å²) in [6, 6.07) is 8.18. The molecule has 0 aromatic heterocycles. The van der Waals surface area contributed by atoms with Crippen molar-refractivity contribution >= 4 is 17.8 Å². The van der Waals surface area contributed by atoms with Crippen molar-refractivity contribution in [1.29, 1.82) is 0 Å². The van der Waals surface area contributed by atoms with E-state index in [0.29, 0.717) is 0 Å². The van der Waals surface area contributed by atoms with E-state index in [1.54, 1.807) is 12.2 Å². The van der Waals surface area contributed by atoms with Crippen molar-refractivity contribution in [2.45, 2.75) is 39.5 Å². The van der Waals surface area contributed by atoms with Gasteiger partial charge in [0.25, 0.3) is 0 Å². The van der Waals surface area contributed by atoms with Crippen molar-refractivity contribution in [1.82, 2.24) is 0 Å². The quantitative estimate of drug-likeness (QED) is 0.145. The van der Waals surface area contributed by atoms with E-state index < -0.39 is 34.6 Å². The number of allylic oxidation sites excluding steroid dienone is 4. The van der Waals surface area contributed by atoms with Crippen LogP contribution in [-0.4, -0.2) is 13.1 Å². The van der Waals surface area contributed by atoms with Crippen LogP contribution >= 0.6 is 0 Å². The minimum Gasteiger partial charge on any atom is -0.372 e. The molecule has 0 aliphatic carbocycles. The maximum Gasteiger partial charge on any atom is 0.200 e. The van der Waals surface area contributed by atoms with Gasteiger partial charge in [0.1, 0.15) is 0 Å². The highest BCUT2D eigenvalue weighted by Crippen LogP contribution is 2.24. The lowest BCUT2D eigenvalue weighted by atomic mass is 10.1. The Labute approximate surface area is 186 Å². The van der Waals surface area contributed by atoms with Gasteiger partial charge in [-0.15, -0.1) is 0 Å². The van der Waals surface area contributed by atoms with Gasteiger partial charge in [-0.2, -0.15) is 0 Å². The van der Waals surface area contributed by atoms with Gasteiger partial charge >= 0.3 is 0 Å². The first kappa shape index (κ1) is 25.4. The second kappa shape index (κ2) is 12.8. The molecule has 0 bridgehead atoms. The summed E-state index contributed by atoms with van der Waals surface area (Å²) in [5, 5.41) is 0. The minimum absolute atomic E-state index is 0.844. The van der Waals surface area contributed by atoms with Crippen LogP contribution in [0.2, 0.25) is 0 Å². The summed E-state index contributed by atoms with van der Waals surface area (Å²) in [4.78, 5) is 2.39. The standard InChI is InChI=1S/C26H28F5N/c1-3-5-17-32(18-6-4-2)20-15-13-19(14-16-20)11-9-7-8-10-12-21-22(27)24(29)26(31)25(30)23(21)28/h7-16H,3-6,17-18H2,1-2H3/b8-7+,11-9+,12-10+. The average molecular weight is 450 g/mol. The van der Waals surface area contributed by atoms with Gasteiger partial charge in [0.15, 0.2) is 23.3 Å². The molecule has 2 aromatic carbocycles. The number of hydrogen-bond acceptors (Lipinski definition) is 1. The van der Waals surface area contributed by atoms with Gasteiger partial charge in [0, 0.05) is 18.8 Å². The van der Waals surface area contributed by atoms with E-state index in [2.05, 4.69) is 30.9 Å². The number of rotatable bonds is 11. The molecule has 0 aliphatic rings. The zero-order valence-corrected chi connectivity index (χ0v) is 18.4. The molecule has 0 saturated carbocycles. The lowest BCUT2D eigenvalue weighted by molar-refractivity contribution is 0.377. The molecule has 0 N–H and O–H groups in total. The predicted octanol–water partition coefficient (Wildman–Crippen LogP) is 8.07. The van der Waals surface area contributed by atoms with Gasteiger partial charge in [0.05, 0.1) is 5.56 Å². The number of halogens is 5. The largest absolute Gasteiger partial charge is 0.372 e. The first-order valence-electron chi connectivity index (χ1n) is 10.8. The topological polar surface area (TPSA) is 3.24 Å². The number of hydrogen-bond donors (Lipinski definition) is 0. The Morgan fingerprint density at radius 3 is 1.59 bits per heavy atom. The third-order valence-corrected chi connectivity index (χ3v) is 4.95. The summed E-state index contributed by atoms with van der Waals surface area (Å²) in [5.74, 6) is -9.79. The van der Waals surface area contributed by atoms with Crippen molar-refractivity contribution in [2.75, 3.05) is 18.0 Å². The second-order valence-corrected chi connectivity index (χ2v) is 7.37. The lowest BCUT2D eigenvalue weighted by Gasteiger charge is -2.24. The molecule has 0 spiro atoms. The van der Waals surface area contributed by atoms with Crippen molar-refractivity contribution in [3.8, 4) is 0 Å². The van der Waals surface area contributed by atoms with E-state index in [9.17, 15) is 22.0 Å². The fraction of sp³-hybridized carbons (Fsp3) is 0.308. The highest BCUT2D eigenvalue weighted by atomic mass is 19.2. The molecule has 172 valence electrons. The highest BCUT2D eigenvalue weighted by molar-refractivity contribution is 5.58. The molecule has 0 saturated heterocycles. The predicted molar refractivity (Wildman–Crippen MR) is 122 cm³/mol. The summed E-state index contributed by atoms with van der Waals surface area (Å²) in [5.41, 5.74) is 1.19. The summed E-state index contributed by atoms with van der Waals surface area (Å²) >= 11 is 0. The fourth-order valence-corrected chi connectivity index (χ4v) is 3.08. The number of benzene rings is 2. The van der Waals surface area contributed by atoms with Gasteiger partial charge in [-0.05, 0) is 36.6 Å². The van der Waals surface area contributed by atoms with Crippen molar-refractivity contribution in [3.05, 3.63) is 88.8 Å². The molecule has 0 atom stereocenters. The van der Waals surface area contributed by atoms with Crippen LogP contribution in [-0.2, 0) is 0 Å². The molecule has 0 radical (unpaired) electrons. The van der Waals surface area contributed by atoms with Crippen LogP contribution in [0.1, 0.15) is 50.7 Å². The molecule has 0 heterocycles. The van der Waals surface area contributed by atoms with E-state index in [1.165, 1.54) is 17.8 Å². The smallest absolute Gasteiger partial charge is 0.200 e. The average Bonchev–Trinajstić information content (AvgIpc) is 2.81. The van der Waals surface area contributed by atoms with Gasteiger partial charge in [0.2, 0.25) is 5.82 Å². The maximum absolute atomic E-state index is 13.6. The summed E-state index contributed by atoms with van der Waals surface area (Å²) < 4.78 is 66.7. The molecule has 6 heteroatoms. The Morgan fingerprint density at radius 1 is 0.625 bits per heavy atom. The van der Waals surface area contributed by atoms with E-state index in [0.717, 1.165) is 50.4 Å². The van der Waals surface area contributed by atoms with Crippen LogP contribution in [0.15, 0.2) is 48.6 Å². The summed E-state index contributed by atoms with van der Waals surface area (Å²) in [7, 11) is 0. The van der Waals surface area contributed by atoms with Crippen LogP contribution in [0, 0.1) is 29.1 Å². The van der Waals surface area contributed by atoms with Crippen LogP contribution in [0.3, 0.4) is 0 Å². The van der Waals surface area contributed by atoms with Crippen molar-refractivity contribution < 1.29 is 22.0 Å². The minimum atomic E-state index is -2.17. The Morgan fingerprint density at radius 2 is 1.09 bits per heavy atom. The van der Waals surface area contributed by atoms with Crippen molar-refractivity contribution in [2.24, 2.45) is 0 Å². The third kappa shape index (κ3) is 6.81. The highest BCUT2D eigenvalue weighted by Gasteiger charge is 2.23. The zero-order chi connectivity index (χ0) is 23.5. The monoisotopic (exact) mass is 449 g/mol. The summed E-state index contributed by atoms with van der Waals surface area (Å²) in [6.07, 6.45) is 13.3. The number of unbranched alkanes of at least 4 members (excludes halogenated alkanes) is 2. The van der Waals surface area contributed by atoms with Crippen molar-refractivity contribution in [3.63, 3.8) is 0 Å². The molecule has 2 rings (SSSR count). The van der Waals surface area contributed by atoms with Crippen LogP contribution < -0.4 is 4.90 Å². The first-order valence-corrected chi connectivity index (χ1v) is 10.8. The van der Waals surface area contributed by atoms with Gasteiger partial charge in [-0.25, -0.2) is 22.0 Å². The molecule has 2 aromatic rings. The number of nitrogens with zero attached hydrogens (tertiary/aromatic N) is 1. The summed E-state index contributed by atoms with van der Waals surface area (Å²) in [6.45, 7) is 6.42. The van der Waals surface area contributed by atoms with E-state index in [1.807, 2.05) is 18.2 Å². The van der Waals surface area contributed by atoms with E-state index in [-0.39, 0.29) is 0 Å². The normalized spacial score (nSPS) is 12.0. The van der Waals surface area contributed by atoms with Crippen LogP contribution in [0.5, 0.6) is 0 Å². The fourth-order valence-electron chi connectivity index (χ4n) is 3.08. The molecule has 0 aliphatic heterocycles. The Hall–Kier alpha value is -2.89. The zero-order valence-electron chi connectivity index (χ0n) is 18.4. The number of anilines is 1. The SMILES string of the molecule is CCCCN(CCCC)c1ccc(/C=C/C=C/C=C/c2c(F)c(F)c(F)c(F)c2F)cc1. The Balaban J connectivity index is 2.01. The molecule has 0 amide bonds. The van der Waals surface area contributed by atoms with Gasteiger partial charge < -0.3 is 4.90 Å². The first-order chi connectivity index (χ1) is 15.4. The lowest BCUT2D eigenvalue weighted by Crippen LogP contribution is -2.25. The molecular formula is C26H28F5N. The van der Waals surface area contributed by atoms with Crippen LogP contribution in [0.25, 0.3) is 12.2 Å². The molecule has 0 fully saturated rings. The maximum atomic E-state index is 13.6.